The molecule has 0 bridgehead atoms. The van der Waals surface area contributed by atoms with Gasteiger partial charge in [0.2, 0.25) is 0 Å². The largest absolute Gasteiger partial charge is 0.478 e. The van der Waals surface area contributed by atoms with Crippen LogP contribution in [-0.2, 0) is 12.4 Å². The molecule has 0 amide bonds. The van der Waals surface area contributed by atoms with Gasteiger partial charge in [0.1, 0.15) is 16.3 Å². The van der Waals surface area contributed by atoms with E-state index in [9.17, 15) is 31.1 Å². The number of carboxylic acids is 1. The Morgan fingerprint density at radius 3 is 2.19 bits per heavy atom. The maximum absolute atomic E-state index is 12.9. The first kappa shape index (κ1) is 18.9. The molecular weight excluding hydrogens is 400 g/mol. The Hall–Kier alpha value is -2.89. The number of H-pyrrole nitrogens is 1. The fourth-order valence-electron chi connectivity index (χ4n) is 2.26. The summed E-state index contributed by atoms with van der Waals surface area (Å²) in [4.78, 5) is 15.2. The number of benzene rings is 1. The van der Waals surface area contributed by atoms with Crippen molar-refractivity contribution >= 4 is 17.3 Å². The van der Waals surface area contributed by atoms with Crippen molar-refractivity contribution in [3.8, 4) is 22.0 Å². The molecule has 5 nitrogen and oxygen atoms in total. The fourth-order valence-corrected chi connectivity index (χ4v) is 3.08. The van der Waals surface area contributed by atoms with Crippen LogP contribution < -0.4 is 0 Å². The molecule has 142 valence electrons. The zero-order valence-corrected chi connectivity index (χ0v) is 13.6. The van der Waals surface area contributed by atoms with Crippen LogP contribution in [0.4, 0.5) is 26.3 Å². The van der Waals surface area contributed by atoms with Crippen LogP contribution in [0.5, 0.6) is 0 Å². The molecule has 0 aliphatic heterocycles. The van der Waals surface area contributed by atoms with Crippen molar-refractivity contribution in [1.82, 2.24) is 15.2 Å². The van der Waals surface area contributed by atoms with Crippen molar-refractivity contribution in [3.05, 3.63) is 46.5 Å². The summed E-state index contributed by atoms with van der Waals surface area (Å²) < 4.78 is 76.5. The Morgan fingerprint density at radius 2 is 1.67 bits per heavy atom. The molecule has 2 heterocycles. The van der Waals surface area contributed by atoms with Gasteiger partial charge in [-0.25, -0.2) is 9.78 Å². The lowest BCUT2D eigenvalue weighted by atomic mass is 10.1. The minimum Gasteiger partial charge on any atom is -0.478 e. The maximum atomic E-state index is 12.9. The van der Waals surface area contributed by atoms with Gasteiger partial charge in [-0.3, -0.25) is 5.10 Å². The van der Waals surface area contributed by atoms with Crippen LogP contribution in [0.25, 0.3) is 22.0 Å². The first-order chi connectivity index (χ1) is 12.5. The lowest BCUT2D eigenvalue weighted by Crippen LogP contribution is -2.12. The van der Waals surface area contributed by atoms with Gasteiger partial charge in [-0.2, -0.15) is 31.4 Å². The van der Waals surface area contributed by atoms with Gasteiger partial charge >= 0.3 is 18.3 Å². The number of hydrogen-bond donors (Lipinski definition) is 2. The van der Waals surface area contributed by atoms with Gasteiger partial charge in [-0.05, 0) is 12.1 Å². The van der Waals surface area contributed by atoms with E-state index in [2.05, 4.69) is 10.1 Å². The summed E-state index contributed by atoms with van der Waals surface area (Å²) in [5.41, 5.74) is -3.49. The predicted molar refractivity (Wildman–Crippen MR) is 82.1 cm³/mol. The summed E-state index contributed by atoms with van der Waals surface area (Å²) in [6.45, 7) is 0. The molecule has 0 atom stereocenters. The standard InChI is InChI=1S/C15H7F6N3O2S/c16-14(17,18)7-3-1-6(2-4-7)8-5-27-12(22-8)10-9(13(25)26)11(24-23-10)15(19,20)21/h1-5H,(H,23,24)(H,25,26). The lowest BCUT2D eigenvalue weighted by Gasteiger charge is -2.06. The van der Waals surface area contributed by atoms with Gasteiger partial charge in [0.25, 0.3) is 0 Å². The highest BCUT2D eigenvalue weighted by Gasteiger charge is 2.40. The molecule has 0 aliphatic rings. The smallest absolute Gasteiger partial charge is 0.433 e. The minimum absolute atomic E-state index is 0.117. The average molecular weight is 407 g/mol. The van der Waals surface area contributed by atoms with E-state index in [1.165, 1.54) is 5.38 Å². The predicted octanol–water partition coefficient (Wildman–Crippen LogP) is 4.94. The van der Waals surface area contributed by atoms with Gasteiger partial charge in [0.15, 0.2) is 5.69 Å². The van der Waals surface area contributed by atoms with Crippen molar-refractivity contribution < 1.29 is 36.2 Å². The number of carboxylic acid groups (broad SMARTS) is 1. The molecule has 0 saturated heterocycles. The number of carbonyl (C=O) groups is 1. The summed E-state index contributed by atoms with van der Waals surface area (Å²) in [6.07, 6.45) is -9.46. The van der Waals surface area contributed by atoms with Crippen molar-refractivity contribution in [1.29, 1.82) is 0 Å². The topological polar surface area (TPSA) is 78.9 Å². The average Bonchev–Trinajstić information content (AvgIpc) is 3.20. The summed E-state index contributed by atoms with van der Waals surface area (Å²) in [5, 5.41) is 15.4. The molecule has 2 N–H and O–H groups in total. The number of thiazole rings is 1. The van der Waals surface area contributed by atoms with Crippen LogP contribution >= 0.6 is 11.3 Å². The van der Waals surface area contributed by atoms with Crippen LogP contribution in [-0.4, -0.2) is 26.3 Å². The van der Waals surface area contributed by atoms with Crippen molar-refractivity contribution in [2.45, 2.75) is 12.4 Å². The normalized spacial score (nSPS) is 12.4. The van der Waals surface area contributed by atoms with Crippen LogP contribution in [0, 0.1) is 0 Å². The highest BCUT2D eigenvalue weighted by molar-refractivity contribution is 7.13. The van der Waals surface area contributed by atoms with E-state index in [4.69, 9.17) is 5.11 Å². The van der Waals surface area contributed by atoms with Gasteiger partial charge in [0.05, 0.1) is 11.3 Å². The number of aromatic carboxylic acids is 1. The minimum atomic E-state index is -4.95. The van der Waals surface area contributed by atoms with Crippen molar-refractivity contribution in [2.24, 2.45) is 0 Å². The fraction of sp³-hybridized carbons (Fsp3) is 0.133. The van der Waals surface area contributed by atoms with E-state index in [0.717, 1.165) is 35.6 Å². The molecule has 0 saturated carbocycles. The zero-order chi connectivity index (χ0) is 20.0. The van der Waals surface area contributed by atoms with Crippen LogP contribution in [0.15, 0.2) is 29.6 Å². The Balaban J connectivity index is 2.00. The third-order valence-electron chi connectivity index (χ3n) is 3.48. The van der Waals surface area contributed by atoms with Gasteiger partial charge in [0, 0.05) is 10.9 Å². The molecule has 0 radical (unpaired) electrons. The SMILES string of the molecule is O=C(O)c1c(-c2nc(-c3ccc(C(F)(F)F)cc3)cs2)n[nH]c1C(F)(F)F. The molecule has 3 rings (SSSR count). The first-order valence-corrected chi connectivity index (χ1v) is 7.89. The van der Waals surface area contributed by atoms with Crippen molar-refractivity contribution in [3.63, 3.8) is 0 Å². The number of alkyl halides is 6. The summed E-state index contributed by atoms with van der Waals surface area (Å²) in [6, 6.07) is 4.00. The second kappa shape index (κ2) is 6.37. The highest BCUT2D eigenvalue weighted by Crippen LogP contribution is 2.37. The molecular formula is C15H7F6N3O2S. The number of halogens is 6. The molecule has 0 fully saturated rings. The monoisotopic (exact) mass is 407 g/mol. The second-order valence-electron chi connectivity index (χ2n) is 5.24. The first-order valence-electron chi connectivity index (χ1n) is 7.01. The Morgan fingerprint density at radius 1 is 1.04 bits per heavy atom. The number of nitrogens with zero attached hydrogens (tertiary/aromatic N) is 2. The van der Waals surface area contributed by atoms with Crippen molar-refractivity contribution in [2.75, 3.05) is 0 Å². The Bertz CT molecular complexity index is 988. The number of rotatable bonds is 3. The van der Waals surface area contributed by atoms with Crippen LogP contribution in [0.3, 0.4) is 0 Å². The molecule has 0 spiro atoms. The third-order valence-corrected chi connectivity index (χ3v) is 4.33. The maximum Gasteiger partial charge on any atom is 0.433 e. The van der Waals surface area contributed by atoms with Gasteiger partial charge < -0.3 is 5.11 Å². The van der Waals surface area contributed by atoms with E-state index < -0.39 is 40.8 Å². The van der Waals surface area contributed by atoms with E-state index >= 15 is 0 Å². The summed E-state index contributed by atoms with van der Waals surface area (Å²) in [7, 11) is 0. The summed E-state index contributed by atoms with van der Waals surface area (Å²) in [5.74, 6) is -1.84. The number of hydrogen-bond acceptors (Lipinski definition) is 4. The molecule has 0 unspecified atom stereocenters. The van der Waals surface area contributed by atoms with E-state index in [1.807, 2.05) is 0 Å². The zero-order valence-electron chi connectivity index (χ0n) is 12.8. The van der Waals surface area contributed by atoms with Crippen LogP contribution in [0.2, 0.25) is 0 Å². The lowest BCUT2D eigenvalue weighted by molar-refractivity contribution is -0.141. The second-order valence-corrected chi connectivity index (χ2v) is 6.10. The molecule has 12 heteroatoms. The molecule has 27 heavy (non-hydrogen) atoms. The van der Waals surface area contributed by atoms with E-state index in [0.29, 0.717) is 0 Å². The summed E-state index contributed by atoms with van der Waals surface area (Å²) >= 11 is 0.816. The van der Waals surface area contributed by atoms with Gasteiger partial charge in [-0.15, -0.1) is 11.3 Å². The number of aromatic nitrogens is 3. The highest BCUT2D eigenvalue weighted by atomic mass is 32.1. The Labute approximate surface area is 150 Å². The van der Waals surface area contributed by atoms with Gasteiger partial charge in [-0.1, -0.05) is 12.1 Å². The third kappa shape index (κ3) is 3.65. The van der Waals surface area contributed by atoms with E-state index in [-0.39, 0.29) is 16.3 Å². The quantitative estimate of drug-likeness (QED) is 0.603. The number of nitrogens with one attached hydrogen (secondary N) is 1. The number of aromatic amines is 1. The molecule has 0 aliphatic carbocycles. The molecule has 1 aromatic carbocycles. The van der Waals surface area contributed by atoms with Crippen LogP contribution in [0.1, 0.15) is 21.6 Å². The Kier molecular flexibility index (Phi) is 4.46. The molecule has 2 aromatic heterocycles. The molecule has 3 aromatic rings. The van der Waals surface area contributed by atoms with E-state index in [1.54, 1.807) is 5.10 Å².